The zero-order chi connectivity index (χ0) is 0. The molecular weight excluding hydrogens is 190 g/mol. The summed E-state index contributed by atoms with van der Waals surface area (Å²) >= 11 is 0. The van der Waals surface area contributed by atoms with Crippen molar-refractivity contribution in [2.45, 2.75) is 0 Å². The largest absolute Gasteiger partial charge is 4.00 e. The Labute approximate surface area is 69.2 Å². The standard InChI is InChI=1S/Li.O.Sn.Ti/q+1;-2;2*+4. The van der Waals surface area contributed by atoms with Gasteiger partial charge in [-0.2, -0.15) is 0 Å². The molecule has 0 aliphatic heterocycles. The molecule has 4 heteroatoms. The van der Waals surface area contributed by atoms with E-state index < -0.39 is 0 Å². The van der Waals surface area contributed by atoms with Gasteiger partial charge in [0.05, 0.1) is 0 Å². The zero-order valence-electron chi connectivity index (χ0n) is 2.41. The maximum Gasteiger partial charge on any atom is 4.00 e. The molecule has 0 aromatic carbocycles. The van der Waals surface area contributed by atoms with Crippen molar-refractivity contribution < 1.29 is 46.1 Å². The van der Waals surface area contributed by atoms with E-state index >= 15 is 0 Å². The fourth-order valence-corrected chi connectivity index (χ4v) is 0. The van der Waals surface area contributed by atoms with Crippen LogP contribution >= 0.6 is 0 Å². The van der Waals surface area contributed by atoms with Crippen molar-refractivity contribution in [1.82, 2.24) is 0 Å². The molecule has 0 aromatic rings. The Kier molecular flexibility index (Phi) is 178. The third-order valence-corrected chi connectivity index (χ3v) is 0. The predicted octanol–water partition coefficient (Wildman–Crippen LogP) is -3.50. The van der Waals surface area contributed by atoms with Gasteiger partial charge in [0.25, 0.3) is 0 Å². The van der Waals surface area contributed by atoms with Crippen LogP contribution < -0.4 is 18.9 Å². The topological polar surface area (TPSA) is 28.5 Å². The summed E-state index contributed by atoms with van der Waals surface area (Å²) in [7, 11) is 0. The maximum absolute atomic E-state index is 0. The minimum Gasteiger partial charge on any atom is -2.00 e. The molecule has 0 N–H and O–H groups in total. The summed E-state index contributed by atoms with van der Waals surface area (Å²) in [6.45, 7) is 0. The van der Waals surface area contributed by atoms with Gasteiger partial charge < -0.3 is 5.48 Å². The predicted molar refractivity (Wildman–Crippen MR) is 6.44 cm³/mol. The van der Waals surface area contributed by atoms with Gasteiger partial charge in [0.1, 0.15) is 0 Å². The molecule has 0 fully saturated rings. The third kappa shape index (κ3) is 8.95. The number of hydrogen-bond donors (Lipinski definition) is 0. The van der Waals surface area contributed by atoms with Gasteiger partial charge in [-0.15, -0.1) is 0 Å². The van der Waals surface area contributed by atoms with Crippen molar-refractivity contribution in [2.75, 3.05) is 0 Å². The zero-order valence-corrected chi connectivity index (χ0v) is 6.82. The normalized spacial score (nSPS) is 0. The average Bonchev–Trinajstić information content (AvgIpc) is 0. The Morgan fingerprint density at radius 1 is 1.00 bits per heavy atom. The van der Waals surface area contributed by atoms with E-state index in [0.717, 1.165) is 0 Å². The molecule has 0 saturated heterocycles. The fraction of sp³-hybridized carbons (Fsp3) is 0. The van der Waals surface area contributed by atoms with Gasteiger partial charge in [-0.3, -0.25) is 0 Å². The van der Waals surface area contributed by atoms with Gasteiger partial charge in [-0.05, 0) is 0 Å². The summed E-state index contributed by atoms with van der Waals surface area (Å²) < 4.78 is 0. The number of rotatable bonds is 0. The van der Waals surface area contributed by atoms with Gasteiger partial charge in [0.15, 0.2) is 0 Å². The van der Waals surface area contributed by atoms with E-state index in [0.29, 0.717) is 0 Å². The summed E-state index contributed by atoms with van der Waals surface area (Å²) in [5, 5.41) is 0. The van der Waals surface area contributed by atoms with E-state index in [1.165, 1.54) is 0 Å². The van der Waals surface area contributed by atoms with Crippen LogP contribution in [0.5, 0.6) is 0 Å². The second kappa shape index (κ2) is 19.6. The Balaban J connectivity index is 0. The van der Waals surface area contributed by atoms with Crippen LogP contribution in [-0.2, 0) is 27.2 Å². The smallest absolute Gasteiger partial charge is 2.00 e. The second-order valence-corrected chi connectivity index (χ2v) is 0. The van der Waals surface area contributed by atoms with Gasteiger partial charge in [0, 0.05) is 0 Å². The summed E-state index contributed by atoms with van der Waals surface area (Å²) in [5.41, 5.74) is 0. The summed E-state index contributed by atoms with van der Waals surface area (Å²) in [6, 6.07) is 0. The van der Waals surface area contributed by atoms with Crippen LogP contribution in [0.15, 0.2) is 0 Å². The Hall–Kier alpha value is 2.07. The van der Waals surface area contributed by atoms with Crippen LogP contribution in [-0.4, -0.2) is 23.9 Å². The molecule has 0 radical (unpaired) electrons. The molecule has 8 valence electrons. The average molecular weight is 190 g/mol. The summed E-state index contributed by atoms with van der Waals surface area (Å²) in [6.07, 6.45) is 0. The molecule has 0 saturated carbocycles. The van der Waals surface area contributed by atoms with Crippen LogP contribution in [0, 0.1) is 0 Å². The molecule has 0 amide bonds. The molecule has 4 heavy (non-hydrogen) atoms. The first-order valence-electron chi connectivity index (χ1n) is 0. The van der Waals surface area contributed by atoms with Crippen molar-refractivity contribution in [3.8, 4) is 0 Å². The molecule has 0 heterocycles. The van der Waals surface area contributed by atoms with Gasteiger partial charge in [0.2, 0.25) is 0 Å². The number of hydrogen-bond acceptors (Lipinski definition) is 0. The minimum atomic E-state index is 0. The molecule has 0 aliphatic rings. The first-order valence-corrected chi connectivity index (χ1v) is 0. The van der Waals surface area contributed by atoms with Gasteiger partial charge >= 0.3 is 64.5 Å². The van der Waals surface area contributed by atoms with E-state index in [4.69, 9.17) is 0 Å². The van der Waals surface area contributed by atoms with E-state index in [-0.39, 0.29) is 70.0 Å². The quantitative estimate of drug-likeness (QED) is 0.354. The second-order valence-electron chi connectivity index (χ2n) is 0. The van der Waals surface area contributed by atoms with Crippen LogP contribution in [0.2, 0.25) is 0 Å². The molecule has 0 unspecified atom stereocenters. The van der Waals surface area contributed by atoms with E-state index in [1.54, 1.807) is 0 Å². The summed E-state index contributed by atoms with van der Waals surface area (Å²) in [5.74, 6) is 0. The van der Waals surface area contributed by atoms with Crippen molar-refractivity contribution in [3.63, 3.8) is 0 Å². The van der Waals surface area contributed by atoms with E-state index in [2.05, 4.69) is 0 Å². The molecule has 0 aliphatic carbocycles. The molecule has 1 nitrogen and oxygen atoms in total. The Morgan fingerprint density at radius 2 is 1.00 bits per heavy atom. The van der Waals surface area contributed by atoms with Gasteiger partial charge in [-0.25, -0.2) is 0 Å². The third-order valence-electron chi connectivity index (χ3n) is 0. The van der Waals surface area contributed by atoms with Crippen LogP contribution in [0.3, 0.4) is 0 Å². The molecule has 0 spiro atoms. The van der Waals surface area contributed by atoms with Gasteiger partial charge in [-0.1, -0.05) is 0 Å². The van der Waals surface area contributed by atoms with Crippen molar-refractivity contribution >= 4 is 23.9 Å². The summed E-state index contributed by atoms with van der Waals surface area (Å²) in [4.78, 5) is 0. The molecule has 0 aromatic heterocycles. The molecular formula is LiOSnTi+7. The first kappa shape index (κ1) is 36.4. The minimum absolute atomic E-state index is 0. The molecule has 0 atom stereocenters. The van der Waals surface area contributed by atoms with Crippen molar-refractivity contribution in [3.05, 3.63) is 0 Å². The monoisotopic (exact) mass is 191 g/mol. The van der Waals surface area contributed by atoms with E-state index in [9.17, 15) is 0 Å². The Morgan fingerprint density at radius 3 is 1.00 bits per heavy atom. The molecule has 0 bridgehead atoms. The maximum atomic E-state index is 0. The first-order chi connectivity index (χ1) is 0. The van der Waals surface area contributed by atoms with Crippen LogP contribution in [0.1, 0.15) is 0 Å². The Bertz CT molecular complexity index is 8.00. The van der Waals surface area contributed by atoms with Crippen molar-refractivity contribution in [1.29, 1.82) is 0 Å². The van der Waals surface area contributed by atoms with Crippen LogP contribution in [0.25, 0.3) is 0 Å². The van der Waals surface area contributed by atoms with Crippen molar-refractivity contribution in [2.24, 2.45) is 0 Å². The van der Waals surface area contributed by atoms with Crippen LogP contribution in [0.4, 0.5) is 0 Å². The van der Waals surface area contributed by atoms with E-state index in [1.807, 2.05) is 0 Å². The SMILES string of the molecule is [Li+].[O-2].[Sn+4].[Ti+4]. The fourth-order valence-electron chi connectivity index (χ4n) is 0. The molecule has 0 rings (SSSR count).